The van der Waals surface area contributed by atoms with Gasteiger partial charge in [-0.3, -0.25) is 0 Å². The van der Waals surface area contributed by atoms with Gasteiger partial charge < -0.3 is 14.0 Å². The molecule has 4 rings (SSSR count). The Morgan fingerprint density at radius 3 is 2.44 bits per heavy atom. The van der Waals surface area contributed by atoms with Gasteiger partial charge in [-0.15, -0.1) is 0 Å². The average Bonchev–Trinajstić information content (AvgIpc) is 3.26. The first-order valence-corrected chi connectivity index (χ1v) is 7.85. The van der Waals surface area contributed by atoms with Crippen LogP contribution in [0.15, 0.2) is 58.0 Å². The lowest BCUT2D eigenvalue weighted by Gasteiger charge is -1.98. The van der Waals surface area contributed by atoms with Gasteiger partial charge in [-0.1, -0.05) is 48.1 Å². The summed E-state index contributed by atoms with van der Waals surface area (Å²) >= 11 is 0. The second-order valence-electron chi connectivity index (χ2n) is 6.00. The Hall–Kier alpha value is -3.34. The molecule has 0 aliphatic rings. The molecule has 5 heteroatoms. The predicted octanol–water partition coefficient (Wildman–Crippen LogP) is 5.30. The summed E-state index contributed by atoms with van der Waals surface area (Å²) in [6.45, 7) is 7.54. The van der Waals surface area contributed by atoms with Crippen LogP contribution in [0.25, 0.3) is 39.8 Å². The van der Waals surface area contributed by atoms with Crippen LogP contribution in [0, 0.1) is 13.8 Å². The van der Waals surface area contributed by atoms with E-state index in [1.807, 2.05) is 26.0 Å². The smallest absolute Gasteiger partial charge is 0.293 e. The first-order chi connectivity index (χ1) is 12.0. The van der Waals surface area contributed by atoms with Gasteiger partial charge in [0.25, 0.3) is 5.89 Å². The summed E-state index contributed by atoms with van der Waals surface area (Å²) < 4.78 is 11.3. The zero-order chi connectivity index (χ0) is 17.6. The maximum absolute atomic E-state index is 9.40. The normalized spacial score (nSPS) is 11.1. The molecule has 5 nitrogen and oxygen atoms in total. The van der Waals surface area contributed by atoms with Crippen molar-refractivity contribution in [1.29, 1.82) is 0 Å². The molecule has 0 spiro atoms. The van der Waals surface area contributed by atoms with Crippen LogP contribution < -0.4 is 0 Å². The molecular formula is C20H16N2O3. The number of aromatic nitrogens is 2. The topological polar surface area (TPSA) is 72.3 Å². The third-order valence-electron chi connectivity index (χ3n) is 4.21. The molecule has 2 aromatic carbocycles. The Morgan fingerprint density at radius 2 is 1.76 bits per heavy atom. The van der Waals surface area contributed by atoms with Crippen LogP contribution in [0.1, 0.15) is 16.7 Å². The van der Waals surface area contributed by atoms with Gasteiger partial charge in [0.05, 0.1) is 0 Å². The van der Waals surface area contributed by atoms with E-state index in [1.54, 1.807) is 24.3 Å². The molecule has 4 aromatic rings. The highest BCUT2D eigenvalue weighted by Gasteiger charge is 2.16. The Bertz CT molecular complexity index is 1050. The summed E-state index contributed by atoms with van der Waals surface area (Å²) in [4.78, 5) is 4.42. The number of benzene rings is 2. The van der Waals surface area contributed by atoms with Gasteiger partial charge in [0.15, 0.2) is 5.76 Å². The number of rotatable bonds is 3. The third-order valence-corrected chi connectivity index (χ3v) is 4.21. The molecule has 0 bridgehead atoms. The molecule has 1 N–H and O–H groups in total. The molecule has 0 aliphatic carbocycles. The molecule has 0 radical (unpaired) electrons. The lowest BCUT2D eigenvalue weighted by atomic mass is 10.1. The van der Waals surface area contributed by atoms with E-state index in [1.165, 1.54) is 0 Å². The molecule has 0 fully saturated rings. The van der Waals surface area contributed by atoms with Gasteiger partial charge in [-0.2, -0.15) is 4.98 Å². The first kappa shape index (κ1) is 15.2. The van der Waals surface area contributed by atoms with Crippen molar-refractivity contribution < 1.29 is 14.0 Å². The van der Waals surface area contributed by atoms with E-state index in [0.29, 0.717) is 23.0 Å². The van der Waals surface area contributed by atoms with Crippen molar-refractivity contribution in [1.82, 2.24) is 10.1 Å². The van der Waals surface area contributed by atoms with E-state index >= 15 is 0 Å². The number of aryl methyl sites for hydroxylation is 2. The van der Waals surface area contributed by atoms with Gasteiger partial charge in [0.2, 0.25) is 5.82 Å². The van der Waals surface area contributed by atoms with E-state index < -0.39 is 0 Å². The number of hydrogen-bond donors (Lipinski definition) is 1. The van der Waals surface area contributed by atoms with E-state index in [-0.39, 0.29) is 5.76 Å². The Morgan fingerprint density at radius 1 is 1.04 bits per heavy atom. The fourth-order valence-electron chi connectivity index (χ4n) is 2.75. The third kappa shape index (κ3) is 2.59. The molecule has 0 saturated heterocycles. The molecule has 25 heavy (non-hydrogen) atoms. The van der Waals surface area contributed by atoms with Gasteiger partial charge in [-0.25, -0.2) is 0 Å². The largest absolute Gasteiger partial charge is 0.508 e. The standard InChI is InChI=1S/C20H16N2O3/c1-11-4-5-12(2)18-16(11)10-17(24-18)20-21-19(22-25-20)15-8-6-14(7-9-15)13(3)23/h4-10,23H,3H2,1-2H3. The molecule has 0 aliphatic heterocycles. The highest BCUT2D eigenvalue weighted by molar-refractivity contribution is 5.87. The van der Waals surface area contributed by atoms with Crippen LogP contribution in [-0.4, -0.2) is 15.2 Å². The molecular weight excluding hydrogens is 316 g/mol. The quantitative estimate of drug-likeness (QED) is 0.516. The van der Waals surface area contributed by atoms with Crippen LogP contribution in [-0.2, 0) is 0 Å². The molecule has 2 heterocycles. The summed E-state index contributed by atoms with van der Waals surface area (Å²) in [7, 11) is 0. The van der Waals surface area contributed by atoms with Crippen LogP contribution in [0.3, 0.4) is 0 Å². The number of fused-ring (bicyclic) bond motifs is 1. The lowest BCUT2D eigenvalue weighted by Crippen LogP contribution is -1.84. The zero-order valence-electron chi connectivity index (χ0n) is 13.9. The van der Waals surface area contributed by atoms with Crippen LogP contribution in [0.2, 0.25) is 0 Å². The summed E-state index contributed by atoms with van der Waals surface area (Å²) in [5, 5.41) is 14.5. The minimum Gasteiger partial charge on any atom is -0.508 e. The van der Waals surface area contributed by atoms with Crippen molar-refractivity contribution >= 4 is 16.7 Å². The maximum atomic E-state index is 9.40. The number of aliphatic hydroxyl groups excluding tert-OH is 1. The predicted molar refractivity (Wildman–Crippen MR) is 96.1 cm³/mol. The van der Waals surface area contributed by atoms with E-state index in [4.69, 9.17) is 8.94 Å². The van der Waals surface area contributed by atoms with Crippen LogP contribution >= 0.6 is 0 Å². The second kappa shape index (κ2) is 5.63. The van der Waals surface area contributed by atoms with Crippen LogP contribution in [0.4, 0.5) is 0 Å². The fourth-order valence-corrected chi connectivity index (χ4v) is 2.75. The fraction of sp³-hybridized carbons (Fsp3) is 0.100. The number of aliphatic hydroxyl groups is 1. The molecule has 2 aromatic heterocycles. The van der Waals surface area contributed by atoms with Gasteiger partial charge >= 0.3 is 0 Å². The Kier molecular flexibility index (Phi) is 3.42. The average molecular weight is 332 g/mol. The van der Waals surface area contributed by atoms with E-state index in [0.717, 1.165) is 27.7 Å². The van der Waals surface area contributed by atoms with Crippen molar-refractivity contribution in [3.63, 3.8) is 0 Å². The molecule has 0 amide bonds. The highest BCUT2D eigenvalue weighted by atomic mass is 16.5. The van der Waals surface area contributed by atoms with Crippen molar-refractivity contribution in [2.24, 2.45) is 0 Å². The molecule has 124 valence electrons. The highest BCUT2D eigenvalue weighted by Crippen LogP contribution is 2.32. The second-order valence-corrected chi connectivity index (χ2v) is 6.00. The van der Waals surface area contributed by atoms with Crippen molar-refractivity contribution in [2.75, 3.05) is 0 Å². The summed E-state index contributed by atoms with van der Waals surface area (Å²) in [5.41, 5.74) is 4.46. The van der Waals surface area contributed by atoms with Crippen molar-refractivity contribution in [3.8, 4) is 23.0 Å². The van der Waals surface area contributed by atoms with Gasteiger partial charge in [0.1, 0.15) is 11.3 Å². The molecule has 0 saturated carbocycles. The SMILES string of the molecule is C=C(O)c1ccc(-c2noc(-c3cc4c(C)ccc(C)c4o3)n2)cc1. The Balaban J connectivity index is 1.73. The molecule has 0 unspecified atom stereocenters. The number of furan rings is 1. The minimum absolute atomic E-state index is 0.0216. The van der Waals surface area contributed by atoms with E-state index in [2.05, 4.69) is 22.8 Å². The number of hydrogen-bond acceptors (Lipinski definition) is 5. The van der Waals surface area contributed by atoms with Crippen molar-refractivity contribution in [2.45, 2.75) is 13.8 Å². The van der Waals surface area contributed by atoms with Crippen LogP contribution in [0.5, 0.6) is 0 Å². The van der Waals surface area contributed by atoms with E-state index in [9.17, 15) is 5.11 Å². The Labute approximate surface area is 144 Å². The zero-order valence-corrected chi connectivity index (χ0v) is 13.9. The monoisotopic (exact) mass is 332 g/mol. The summed E-state index contributed by atoms with van der Waals surface area (Å²) in [5.74, 6) is 1.36. The van der Waals surface area contributed by atoms with Gasteiger partial charge in [-0.05, 0) is 31.0 Å². The summed E-state index contributed by atoms with van der Waals surface area (Å²) in [6.07, 6.45) is 0. The number of nitrogens with zero attached hydrogens (tertiary/aromatic N) is 2. The summed E-state index contributed by atoms with van der Waals surface area (Å²) in [6, 6.07) is 13.1. The first-order valence-electron chi connectivity index (χ1n) is 7.85. The maximum Gasteiger partial charge on any atom is 0.293 e. The minimum atomic E-state index is 0.0216. The van der Waals surface area contributed by atoms with Gasteiger partial charge in [0, 0.05) is 16.5 Å². The van der Waals surface area contributed by atoms with Crippen molar-refractivity contribution in [3.05, 3.63) is 65.7 Å². The lowest BCUT2D eigenvalue weighted by molar-refractivity contribution is 0.420. The molecule has 0 atom stereocenters.